The summed E-state index contributed by atoms with van der Waals surface area (Å²) in [5.74, 6) is 0.799. The van der Waals surface area contributed by atoms with E-state index in [4.69, 9.17) is 35.0 Å². The summed E-state index contributed by atoms with van der Waals surface area (Å²) < 4.78 is 29.1. The molecule has 5 rings (SSSR count). The van der Waals surface area contributed by atoms with E-state index in [1.807, 2.05) is 13.8 Å². The lowest BCUT2D eigenvalue weighted by Gasteiger charge is -2.23. The van der Waals surface area contributed by atoms with Gasteiger partial charge in [0.1, 0.15) is 11.5 Å². The fourth-order valence-electron chi connectivity index (χ4n) is 4.65. The predicted molar refractivity (Wildman–Crippen MR) is 160 cm³/mol. The topological polar surface area (TPSA) is 119 Å². The Morgan fingerprint density at radius 2 is 1.74 bits per heavy atom. The molecule has 0 saturated heterocycles. The number of thiazole rings is 1. The molecule has 10 nitrogen and oxygen atoms in total. The Labute approximate surface area is 255 Å². The first-order valence-electron chi connectivity index (χ1n) is 13.3. The fourth-order valence-corrected chi connectivity index (χ4v) is 5.85. The minimum Gasteiger partial charge on any atom is -0.490 e. The number of benzene rings is 2. The average Bonchev–Trinajstić information content (AvgIpc) is 3.61. The van der Waals surface area contributed by atoms with Crippen molar-refractivity contribution in [1.82, 2.24) is 4.57 Å². The van der Waals surface area contributed by atoms with Crippen LogP contribution in [-0.4, -0.2) is 43.9 Å². The SMILES string of the molecule is CCOc1ccc([C@H]2C(C(=O)OC)=CN=c3s/c(=C\c4ccc(-c5ccc(C(=O)OC)c(Cl)c5)o4)c(=O)n32)cc1OCC. The molecule has 0 aliphatic carbocycles. The summed E-state index contributed by atoms with van der Waals surface area (Å²) in [7, 11) is 2.56. The predicted octanol–water partition coefficient (Wildman–Crippen LogP) is 4.52. The Hall–Kier alpha value is -4.61. The summed E-state index contributed by atoms with van der Waals surface area (Å²) >= 11 is 7.43. The van der Waals surface area contributed by atoms with Crippen molar-refractivity contribution in [3.63, 3.8) is 0 Å². The third-order valence-electron chi connectivity index (χ3n) is 6.57. The number of hydrogen-bond donors (Lipinski definition) is 0. The van der Waals surface area contributed by atoms with Crippen LogP contribution in [0.3, 0.4) is 0 Å². The Morgan fingerprint density at radius 1 is 1.00 bits per heavy atom. The maximum Gasteiger partial charge on any atom is 0.339 e. The summed E-state index contributed by atoms with van der Waals surface area (Å²) in [5.41, 5.74) is 1.34. The van der Waals surface area contributed by atoms with E-state index in [0.717, 1.165) is 11.3 Å². The number of methoxy groups -OCH3 is 2. The van der Waals surface area contributed by atoms with Gasteiger partial charge in [-0.25, -0.2) is 14.6 Å². The van der Waals surface area contributed by atoms with Crippen molar-refractivity contribution in [2.24, 2.45) is 4.99 Å². The number of esters is 2. The van der Waals surface area contributed by atoms with E-state index in [0.29, 0.717) is 56.7 Å². The molecule has 2 aromatic heterocycles. The number of ether oxygens (including phenoxy) is 4. The minimum absolute atomic E-state index is 0.195. The van der Waals surface area contributed by atoms with Gasteiger partial charge in [-0.05, 0) is 55.8 Å². The van der Waals surface area contributed by atoms with Crippen molar-refractivity contribution in [3.8, 4) is 22.8 Å². The van der Waals surface area contributed by atoms with Crippen LogP contribution in [0.2, 0.25) is 5.02 Å². The van der Waals surface area contributed by atoms with E-state index >= 15 is 0 Å². The second-order valence-electron chi connectivity index (χ2n) is 9.14. The zero-order valence-corrected chi connectivity index (χ0v) is 25.3. The first-order valence-corrected chi connectivity index (χ1v) is 14.5. The van der Waals surface area contributed by atoms with Crippen molar-refractivity contribution >= 4 is 41.0 Å². The Kier molecular flexibility index (Phi) is 8.84. The monoisotopic (exact) mass is 622 g/mol. The molecule has 0 spiro atoms. The summed E-state index contributed by atoms with van der Waals surface area (Å²) in [4.78, 5) is 43.3. The van der Waals surface area contributed by atoms with Gasteiger partial charge >= 0.3 is 11.9 Å². The minimum atomic E-state index is -0.816. The lowest BCUT2D eigenvalue weighted by atomic mass is 9.97. The van der Waals surface area contributed by atoms with Gasteiger partial charge in [-0.15, -0.1) is 0 Å². The number of carbonyl (C=O) groups is 2. The van der Waals surface area contributed by atoms with E-state index in [1.165, 1.54) is 25.0 Å². The van der Waals surface area contributed by atoms with Gasteiger partial charge in [-0.1, -0.05) is 35.1 Å². The van der Waals surface area contributed by atoms with Gasteiger partial charge in [0.25, 0.3) is 5.56 Å². The number of carbonyl (C=O) groups excluding carboxylic acids is 2. The fraction of sp³-hybridized carbons (Fsp3) is 0.226. The Morgan fingerprint density at radius 3 is 2.44 bits per heavy atom. The molecule has 0 amide bonds. The van der Waals surface area contributed by atoms with Crippen molar-refractivity contribution in [1.29, 1.82) is 0 Å². The summed E-state index contributed by atoms with van der Waals surface area (Å²) in [5, 5.41) is 0.221. The average molecular weight is 623 g/mol. The van der Waals surface area contributed by atoms with Crippen LogP contribution in [-0.2, 0) is 14.3 Å². The van der Waals surface area contributed by atoms with Crippen LogP contribution in [0.1, 0.15) is 41.6 Å². The van der Waals surface area contributed by atoms with Crippen molar-refractivity contribution in [2.45, 2.75) is 19.9 Å². The largest absolute Gasteiger partial charge is 0.490 e. The molecule has 0 unspecified atom stereocenters. The van der Waals surface area contributed by atoms with Gasteiger partial charge in [0.2, 0.25) is 0 Å². The molecule has 12 heteroatoms. The third kappa shape index (κ3) is 5.86. The number of rotatable bonds is 9. The molecule has 0 N–H and O–H groups in total. The highest BCUT2D eigenvalue weighted by molar-refractivity contribution is 7.07. The molecule has 2 aromatic carbocycles. The van der Waals surface area contributed by atoms with Gasteiger partial charge < -0.3 is 23.4 Å². The number of hydrogen-bond acceptors (Lipinski definition) is 10. The van der Waals surface area contributed by atoms with E-state index in [1.54, 1.807) is 54.6 Å². The normalized spacial score (nSPS) is 14.4. The van der Waals surface area contributed by atoms with Gasteiger partial charge in [-0.2, -0.15) is 0 Å². The summed E-state index contributed by atoms with van der Waals surface area (Å²) in [6.07, 6.45) is 3.04. The molecular weight excluding hydrogens is 596 g/mol. The van der Waals surface area contributed by atoms with Crippen LogP contribution in [0.4, 0.5) is 0 Å². The highest BCUT2D eigenvalue weighted by Gasteiger charge is 2.31. The van der Waals surface area contributed by atoms with E-state index in [9.17, 15) is 14.4 Å². The number of furan rings is 1. The molecule has 0 bridgehead atoms. The molecule has 222 valence electrons. The number of aromatic nitrogens is 1. The maximum absolute atomic E-state index is 13.8. The lowest BCUT2D eigenvalue weighted by molar-refractivity contribution is -0.136. The van der Waals surface area contributed by atoms with Gasteiger partial charge in [0.05, 0.1) is 54.2 Å². The van der Waals surface area contributed by atoms with Crippen LogP contribution in [0.25, 0.3) is 17.4 Å². The Bertz CT molecular complexity index is 1920. The second kappa shape index (κ2) is 12.7. The standard InChI is InChI=1S/C31H27ClN2O8S/c1-5-40-24-11-8-18(14-25(24)41-6-2)27-21(30(37)39-4)16-33-31-34(27)28(35)26(43-31)15-19-9-12-23(42-19)17-7-10-20(22(32)13-17)29(36)38-3/h7-16,27H,5-6H2,1-4H3/b26-15-/t27-/m0/s1. The van der Waals surface area contributed by atoms with Gasteiger partial charge in [0, 0.05) is 17.8 Å². The molecule has 1 atom stereocenters. The third-order valence-corrected chi connectivity index (χ3v) is 7.88. The van der Waals surface area contributed by atoms with Gasteiger partial charge in [0.15, 0.2) is 16.3 Å². The van der Waals surface area contributed by atoms with E-state index in [-0.39, 0.29) is 21.7 Å². The first kappa shape index (κ1) is 29.9. The van der Waals surface area contributed by atoms with Crippen molar-refractivity contribution in [2.75, 3.05) is 27.4 Å². The van der Waals surface area contributed by atoms with Crippen molar-refractivity contribution < 1.29 is 33.0 Å². The molecule has 0 fully saturated rings. The summed E-state index contributed by atoms with van der Waals surface area (Å²) in [6.45, 7) is 4.58. The van der Waals surface area contributed by atoms with Gasteiger partial charge in [-0.3, -0.25) is 9.36 Å². The van der Waals surface area contributed by atoms with Crippen LogP contribution >= 0.6 is 22.9 Å². The molecular formula is C31H27ClN2O8S. The number of nitrogens with zero attached hydrogens (tertiary/aromatic N) is 2. The lowest BCUT2D eigenvalue weighted by Crippen LogP contribution is -2.39. The molecule has 0 radical (unpaired) electrons. The Balaban J connectivity index is 1.57. The van der Waals surface area contributed by atoms with Crippen LogP contribution < -0.4 is 24.4 Å². The molecule has 1 aliphatic heterocycles. The van der Waals surface area contributed by atoms with E-state index in [2.05, 4.69) is 4.99 Å². The molecule has 43 heavy (non-hydrogen) atoms. The van der Waals surface area contributed by atoms with Crippen LogP contribution in [0.15, 0.2) is 74.5 Å². The van der Waals surface area contributed by atoms with Crippen LogP contribution in [0.5, 0.6) is 11.5 Å². The highest BCUT2D eigenvalue weighted by atomic mass is 35.5. The first-order chi connectivity index (χ1) is 20.8. The number of halogens is 1. The molecule has 3 heterocycles. The quantitative estimate of drug-likeness (QED) is 0.250. The number of fused-ring (bicyclic) bond motifs is 1. The maximum atomic E-state index is 13.8. The molecule has 0 saturated carbocycles. The summed E-state index contributed by atoms with van der Waals surface area (Å²) in [6, 6.07) is 12.8. The van der Waals surface area contributed by atoms with E-state index < -0.39 is 18.0 Å². The highest BCUT2D eigenvalue weighted by Crippen LogP contribution is 2.35. The second-order valence-corrected chi connectivity index (χ2v) is 10.6. The molecule has 1 aliphatic rings. The zero-order valence-electron chi connectivity index (χ0n) is 23.7. The van der Waals surface area contributed by atoms with Crippen molar-refractivity contribution in [3.05, 3.63) is 102 Å². The molecule has 4 aromatic rings. The zero-order chi connectivity index (χ0) is 30.7. The smallest absolute Gasteiger partial charge is 0.339 e. The van der Waals surface area contributed by atoms with Crippen LogP contribution in [0, 0.1) is 0 Å².